The van der Waals surface area contributed by atoms with Crippen molar-refractivity contribution < 1.29 is 26.8 Å². The van der Waals surface area contributed by atoms with E-state index in [1.807, 2.05) is 18.2 Å². The van der Waals surface area contributed by atoms with Gasteiger partial charge in [0, 0.05) is 35.8 Å². The Morgan fingerprint density at radius 3 is 2.49 bits per heavy atom. The fourth-order valence-corrected chi connectivity index (χ4v) is 5.07. The molecular weight excluding hydrogens is 552 g/mol. The number of aromatic nitrogens is 3. The molecule has 210 valence electrons. The minimum absolute atomic E-state index is 0.0154. The van der Waals surface area contributed by atoms with E-state index in [-0.39, 0.29) is 22.2 Å². The molecule has 12 heteroatoms. The van der Waals surface area contributed by atoms with Crippen LogP contribution in [-0.4, -0.2) is 41.7 Å². The van der Waals surface area contributed by atoms with E-state index < -0.39 is 27.8 Å². The van der Waals surface area contributed by atoms with Crippen LogP contribution >= 0.6 is 0 Å². The summed E-state index contributed by atoms with van der Waals surface area (Å²) in [5.74, 6) is -1.46. The van der Waals surface area contributed by atoms with Gasteiger partial charge in [0.05, 0.1) is 16.6 Å². The summed E-state index contributed by atoms with van der Waals surface area (Å²) in [5, 5.41) is 17.2. The number of hydrogen-bond donors (Lipinski definition) is 3. The molecule has 1 atom stereocenters. The molecule has 2 aromatic heterocycles. The summed E-state index contributed by atoms with van der Waals surface area (Å²) in [7, 11) is -3.88. The van der Waals surface area contributed by atoms with Crippen LogP contribution in [0.15, 0.2) is 101 Å². The van der Waals surface area contributed by atoms with Crippen LogP contribution in [0.25, 0.3) is 22.8 Å². The summed E-state index contributed by atoms with van der Waals surface area (Å²) in [6.45, 7) is 1.02. The average Bonchev–Trinajstić information content (AvgIpc) is 3.48. The van der Waals surface area contributed by atoms with Gasteiger partial charge < -0.3 is 14.9 Å². The maximum absolute atomic E-state index is 14.0. The second-order valence-electron chi connectivity index (χ2n) is 9.13. The predicted molar refractivity (Wildman–Crippen MR) is 148 cm³/mol. The van der Waals surface area contributed by atoms with Gasteiger partial charge >= 0.3 is 0 Å². The highest BCUT2D eigenvalue weighted by molar-refractivity contribution is 7.92. The van der Waals surface area contributed by atoms with Crippen LogP contribution in [0.2, 0.25) is 0 Å². The Labute approximate surface area is 235 Å². The SMILES string of the molecule is O=S(=O)(Nc1ccc(CCNCC(O)c2cccnc2)cc1)c1ccc(-c2noc(-c3cc(F)ccc3F)n2)cc1. The molecule has 0 fully saturated rings. The van der Waals surface area contributed by atoms with E-state index in [4.69, 9.17) is 4.52 Å². The Bertz CT molecular complexity index is 1710. The maximum atomic E-state index is 14.0. The number of aliphatic hydroxyl groups excluding tert-OH is 1. The first-order chi connectivity index (χ1) is 19.8. The molecule has 0 saturated heterocycles. The molecule has 0 bridgehead atoms. The van der Waals surface area contributed by atoms with Gasteiger partial charge in [-0.05, 0) is 79.2 Å². The molecule has 0 aliphatic heterocycles. The fourth-order valence-electron chi connectivity index (χ4n) is 4.01. The second kappa shape index (κ2) is 12.3. The van der Waals surface area contributed by atoms with Crippen LogP contribution < -0.4 is 10.0 Å². The van der Waals surface area contributed by atoms with Crippen molar-refractivity contribution in [2.75, 3.05) is 17.8 Å². The van der Waals surface area contributed by atoms with Crippen molar-refractivity contribution in [1.82, 2.24) is 20.4 Å². The lowest BCUT2D eigenvalue weighted by atomic mass is 10.1. The Kier molecular flexibility index (Phi) is 8.43. The summed E-state index contributed by atoms with van der Waals surface area (Å²) in [6.07, 6.45) is 3.32. The van der Waals surface area contributed by atoms with E-state index in [0.717, 1.165) is 29.3 Å². The van der Waals surface area contributed by atoms with E-state index >= 15 is 0 Å². The molecular formula is C29H25F2N5O4S. The lowest BCUT2D eigenvalue weighted by Gasteiger charge is -2.12. The van der Waals surface area contributed by atoms with Crippen molar-refractivity contribution >= 4 is 15.7 Å². The van der Waals surface area contributed by atoms with Gasteiger partial charge in [-0.2, -0.15) is 4.98 Å². The number of halogens is 2. The standard InChI is InChI=1S/C29H25F2N5O4S/c30-22-7-12-26(31)25(16-22)29-34-28(35-40-29)20-5-10-24(11-6-20)41(38,39)36-23-8-3-19(4-9-23)13-15-33-18-27(37)21-2-1-14-32-17-21/h1-12,14,16-17,27,33,36-37H,13,15,18H2. The number of hydrogen-bond acceptors (Lipinski definition) is 8. The van der Waals surface area contributed by atoms with E-state index in [1.54, 1.807) is 30.6 Å². The zero-order valence-corrected chi connectivity index (χ0v) is 22.4. The summed E-state index contributed by atoms with van der Waals surface area (Å²) < 4.78 is 61.0. The largest absolute Gasteiger partial charge is 0.387 e. The molecule has 3 N–H and O–H groups in total. The Balaban J connectivity index is 1.16. The summed E-state index contributed by atoms with van der Waals surface area (Å²) in [6, 6.07) is 19.3. The van der Waals surface area contributed by atoms with Crippen LogP contribution in [0, 0.1) is 11.6 Å². The normalized spacial score (nSPS) is 12.3. The number of rotatable bonds is 11. The van der Waals surface area contributed by atoms with Crippen LogP contribution in [0.4, 0.5) is 14.5 Å². The molecule has 3 aromatic carbocycles. The molecule has 1 unspecified atom stereocenters. The highest BCUT2D eigenvalue weighted by Crippen LogP contribution is 2.26. The lowest BCUT2D eigenvalue weighted by molar-refractivity contribution is 0.174. The topological polar surface area (TPSA) is 130 Å². The number of benzene rings is 3. The quantitative estimate of drug-likeness (QED) is 0.192. The van der Waals surface area contributed by atoms with Gasteiger partial charge in [-0.25, -0.2) is 17.2 Å². The third-order valence-electron chi connectivity index (χ3n) is 6.21. The fraction of sp³-hybridized carbons (Fsp3) is 0.138. The lowest BCUT2D eigenvalue weighted by Crippen LogP contribution is -2.23. The molecule has 0 saturated carbocycles. The first-order valence-corrected chi connectivity index (χ1v) is 14.1. The van der Waals surface area contributed by atoms with Crippen molar-refractivity contribution in [3.8, 4) is 22.8 Å². The average molecular weight is 578 g/mol. The van der Waals surface area contributed by atoms with Gasteiger partial charge in [0.25, 0.3) is 15.9 Å². The molecule has 5 rings (SSSR count). The molecule has 0 radical (unpaired) electrons. The van der Waals surface area contributed by atoms with Gasteiger partial charge in [0.15, 0.2) is 0 Å². The van der Waals surface area contributed by atoms with E-state index in [9.17, 15) is 22.3 Å². The molecule has 0 spiro atoms. The van der Waals surface area contributed by atoms with Crippen LogP contribution in [0.3, 0.4) is 0 Å². The first kappa shape index (κ1) is 28.0. The monoisotopic (exact) mass is 577 g/mol. The number of pyridine rings is 1. The number of sulfonamides is 1. The summed E-state index contributed by atoms with van der Waals surface area (Å²) >= 11 is 0. The number of nitrogens with zero attached hydrogens (tertiary/aromatic N) is 3. The molecule has 0 aliphatic rings. The molecule has 5 aromatic rings. The van der Waals surface area contributed by atoms with Crippen molar-refractivity contribution in [3.63, 3.8) is 0 Å². The molecule has 41 heavy (non-hydrogen) atoms. The third kappa shape index (κ3) is 6.98. The zero-order chi connectivity index (χ0) is 28.8. The van der Waals surface area contributed by atoms with Crippen LogP contribution in [-0.2, 0) is 16.4 Å². The minimum atomic E-state index is -3.88. The van der Waals surface area contributed by atoms with Gasteiger partial charge in [-0.3, -0.25) is 9.71 Å². The van der Waals surface area contributed by atoms with Crippen molar-refractivity contribution in [2.45, 2.75) is 17.4 Å². The van der Waals surface area contributed by atoms with E-state index in [1.165, 1.54) is 24.3 Å². The minimum Gasteiger partial charge on any atom is -0.387 e. The number of aliphatic hydroxyl groups is 1. The first-order valence-electron chi connectivity index (χ1n) is 12.6. The molecule has 2 heterocycles. The number of nitrogens with one attached hydrogen (secondary N) is 2. The summed E-state index contributed by atoms with van der Waals surface area (Å²) in [4.78, 5) is 8.12. The van der Waals surface area contributed by atoms with E-state index in [0.29, 0.717) is 30.8 Å². The third-order valence-corrected chi connectivity index (χ3v) is 7.61. The molecule has 9 nitrogen and oxygen atoms in total. The van der Waals surface area contributed by atoms with Crippen LogP contribution in [0.5, 0.6) is 0 Å². The zero-order valence-electron chi connectivity index (χ0n) is 21.5. The smallest absolute Gasteiger partial charge is 0.261 e. The van der Waals surface area contributed by atoms with E-state index in [2.05, 4.69) is 25.2 Å². The van der Waals surface area contributed by atoms with Gasteiger partial charge in [-0.1, -0.05) is 23.4 Å². The highest BCUT2D eigenvalue weighted by Gasteiger charge is 2.18. The summed E-state index contributed by atoms with van der Waals surface area (Å²) in [5.41, 5.74) is 2.40. The van der Waals surface area contributed by atoms with Gasteiger partial charge in [0.2, 0.25) is 5.82 Å². The van der Waals surface area contributed by atoms with Gasteiger partial charge in [0.1, 0.15) is 11.6 Å². The van der Waals surface area contributed by atoms with Gasteiger partial charge in [-0.15, -0.1) is 0 Å². The highest BCUT2D eigenvalue weighted by atomic mass is 32.2. The van der Waals surface area contributed by atoms with Crippen molar-refractivity contribution in [1.29, 1.82) is 0 Å². The second-order valence-corrected chi connectivity index (χ2v) is 10.8. The van der Waals surface area contributed by atoms with Crippen molar-refractivity contribution in [2.24, 2.45) is 0 Å². The Morgan fingerprint density at radius 2 is 1.76 bits per heavy atom. The predicted octanol–water partition coefficient (Wildman–Crippen LogP) is 4.74. The number of anilines is 1. The van der Waals surface area contributed by atoms with Crippen molar-refractivity contribution in [3.05, 3.63) is 114 Å². The van der Waals surface area contributed by atoms with Crippen LogP contribution in [0.1, 0.15) is 17.2 Å². The Morgan fingerprint density at radius 1 is 0.976 bits per heavy atom. The molecule has 0 aliphatic carbocycles. The Hall–Kier alpha value is -4.52. The molecule has 0 amide bonds. The maximum Gasteiger partial charge on any atom is 0.261 e.